The number of nitrogens with one attached hydrogen (secondary N) is 1. The summed E-state index contributed by atoms with van der Waals surface area (Å²) in [4.78, 5) is 0. The van der Waals surface area contributed by atoms with Gasteiger partial charge in [0.2, 0.25) is 0 Å². The molecule has 110 valence electrons. The summed E-state index contributed by atoms with van der Waals surface area (Å²) in [6.07, 6.45) is 0. The van der Waals surface area contributed by atoms with Gasteiger partial charge in [0.25, 0.3) is 0 Å². The molecule has 0 saturated heterocycles. The van der Waals surface area contributed by atoms with Crippen LogP contribution in [0.1, 0.15) is 18.1 Å². The minimum absolute atomic E-state index is 0.000189. The van der Waals surface area contributed by atoms with Gasteiger partial charge in [-0.15, -0.1) is 0 Å². The van der Waals surface area contributed by atoms with Crippen molar-refractivity contribution >= 4 is 17.4 Å². The van der Waals surface area contributed by atoms with Crippen LogP contribution in [0.2, 0.25) is 5.02 Å². The van der Waals surface area contributed by atoms with Crippen molar-refractivity contribution in [3.8, 4) is 11.5 Å². The summed E-state index contributed by atoms with van der Waals surface area (Å²) in [6, 6.07) is 12.7. The number of nitrogens with two attached hydrogens (primary N) is 1. The van der Waals surface area contributed by atoms with Crippen LogP contribution >= 0.6 is 11.6 Å². The van der Waals surface area contributed by atoms with Crippen LogP contribution in [-0.4, -0.2) is 12.4 Å². The third-order valence-corrected chi connectivity index (χ3v) is 3.11. The second kappa shape index (κ2) is 6.99. The normalized spacial score (nSPS) is 10.2. The van der Waals surface area contributed by atoms with Gasteiger partial charge in [0.1, 0.15) is 12.4 Å². The Morgan fingerprint density at radius 1 is 1.10 bits per heavy atom. The maximum atomic E-state index is 7.46. The number of rotatable bonds is 6. The highest BCUT2D eigenvalue weighted by Gasteiger charge is 2.08. The van der Waals surface area contributed by atoms with E-state index in [9.17, 15) is 0 Å². The first-order valence-corrected chi connectivity index (χ1v) is 6.96. The highest BCUT2D eigenvalue weighted by molar-refractivity contribution is 6.30. The molecule has 5 heteroatoms. The zero-order chi connectivity index (χ0) is 15.2. The molecule has 0 fully saturated rings. The van der Waals surface area contributed by atoms with Crippen LogP contribution in [0.4, 0.5) is 0 Å². The largest absolute Gasteiger partial charge is 0.490 e. The van der Waals surface area contributed by atoms with Gasteiger partial charge in [-0.05, 0) is 42.8 Å². The maximum absolute atomic E-state index is 7.46. The standard InChI is InChI=1S/C16H17ClN2O2/c1-2-20-15-9-12(16(18)19)5-8-14(15)21-10-11-3-6-13(17)7-4-11/h3-9H,2,10H2,1H3,(H3,18,19). The molecule has 4 nitrogen and oxygen atoms in total. The lowest BCUT2D eigenvalue weighted by molar-refractivity contribution is 0.269. The number of halogens is 1. The van der Waals surface area contributed by atoms with Crippen molar-refractivity contribution in [2.24, 2.45) is 5.73 Å². The predicted molar refractivity (Wildman–Crippen MR) is 84.4 cm³/mol. The van der Waals surface area contributed by atoms with Crippen molar-refractivity contribution in [2.45, 2.75) is 13.5 Å². The summed E-state index contributed by atoms with van der Waals surface area (Å²) < 4.78 is 11.3. The van der Waals surface area contributed by atoms with E-state index >= 15 is 0 Å². The van der Waals surface area contributed by atoms with Crippen molar-refractivity contribution < 1.29 is 9.47 Å². The lowest BCUT2D eigenvalue weighted by Crippen LogP contribution is -2.11. The fourth-order valence-corrected chi connectivity index (χ4v) is 1.93. The van der Waals surface area contributed by atoms with Crippen molar-refractivity contribution in [3.05, 3.63) is 58.6 Å². The van der Waals surface area contributed by atoms with Crippen LogP contribution in [0.25, 0.3) is 0 Å². The molecule has 0 aliphatic carbocycles. The number of benzene rings is 2. The predicted octanol–water partition coefficient (Wildman–Crippen LogP) is 3.60. The van der Waals surface area contributed by atoms with Gasteiger partial charge in [-0.2, -0.15) is 0 Å². The van der Waals surface area contributed by atoms with E-state index in [-0.39, 0.29) is 5.84 Å². The van der Waals surface area contributed by atoms with E-state index in [2.05, 4.69) is 0 Å². The SMILES string of the molecule is CCOc1cc(C(=N)N)ccc1OCc1ccc(Cl)cc1. The van der Waals surface area contributed by atoms with E-state index in [4.69, 9.17) is 32.2 Å². The summed E-state index contributed by atoms with van der Waals surface area (Å²) in [6.45, 7) is 2.82. The number of nitrogen functional groups attached to an aromatic ring is 1. The highest BCUT2D eigenvalue weighted by Crippen LogP contribution is 2.29. The third-order valence-electron chi connectivity index (χ3n) is 2.86. The zero-order valence-electron chi connectivity index (χ0n) is 11.7. The number of hydrogen-bond donors (Lipinski definition) is 2. The van der Waals surface area contributed by atoms with Crippen LogP contribution in [-0.2, 0) is 6.61 Å². The van der Waals surface area contributed by atoms with Crippen LogP contribution < -0.4 is 15.2 Å². The second-order valence-corrected chi connectivity index (χ2v) is 4.86. The van der Waals surface area contributed by atoms with Crippen molar-refractivity contribution in [1.29, 1.82) is 5.41 Å². The zero-order valence-corrected chi connectivity index (χ0v) is 12.5. The molecule has 0 bridgehead atoms. The van der Waals surface area contributed by atoms with E-state index in [0.717, 1.165) is 5.56 Å². The van der Waals surface area contributed by atoms with Gasteiger partial charge in [-0.1, -0.05) is 23.7 Å². The molecule has 0 saturated carbocycles. The number of ether oxygens (including phenoxy) is 2. The summed E-state index contributed by atoms with van der Waals surface area (Å²) in [5, 5.41) is 8.15. The van der Waals surface area contributed by atoms with Gasteiger partial charge in [0, 0.05) is 10.6 Å². The first-order valence-electron chi connectivity index (χ1n) is 6.58. The molecule has 2 aromatic rings. The molecular formula is C16H17ClN2O2. The summed E-state index contributed by atoms with van der Waals surface area (Å²) in [5.74, 6) is 1.20. The van der Waals surface area contributed by atoms with Crippen molar-refractivity contribution in [3.63, 3.8) is 0 Å². The average Bonchev–Trinajstić information content (AvgIpc) is 2.47. The number of hydrogen-bond acceptors (Lipinski definition) is 3. The fraction of sp³-hybridized carbons (Fsp3) is 0.188. The lowest BCUT2D eigenvalue weighted by Gasteiger charge is -2.13. The number of amidine groups is 1. The fourth-order valence-electron chi connectivity index (χ4n) is 1.80. The molecule has 0 heterocycles. The molecule has 0 atom stereocenters. The molecule has 0 aliphatic rings. The van der Waals surface area contributed by atoms with Gasteiger partial charge in [-0.3, -0.25) is 5.41 Å². The Kier molecular flexibility index (Phi) is 5.06. The van der Waals surface area contributed by atoms with E-state index < -0.39 is 0 Å². The monoisotopic (exact) mass is 304 g/mol. The first kappa shape index (κ1) is 15.2. The summed E-state index contributed by atoms with van der Waals surface area (Å²) in [5.41, 5.74) is 7.10. The minimum Gasteiger partial charge on any atom is -0.490 e. The van der Waals surface area contributed by atoms with Gasteiger partial charge >= 0.3 is 0 Å². The molecule has 0 aromatic heterocycles. The van der Waals surface area contributed by atoms with Crippen LogP contribution in [0.3, 0.4) is 0 Å². The second-order valence-electron chi connectivity index (χ2n) is 4.42. The quantitative estimate of drug-likeness (QED) is 0.633. The van der Waals surface area contributed by atoms with Gasteiger partial charge in [-0.25, -0.2) is 0 Å². The summed E-state index contributed by atoms with van der Waals surface area (Å²) in [7, 11) is 0. The van der Waals surface area contributed by atoms with Crippen molar-refractivity contribution in [1.82, 2.24) is 0 Å². The van der Waals surface area contributed by atoms with Crippen molar-refractivity contribution in [2.75, 3.05) is 6.61 Å². The van der Waals surface area contributed by atoms with E-state index in [1.807, 2.05) is 31.2 Å². The lowest BCUT2D eigenvalue weighted by atomic mass is 10.2. The topological polar surface area (TPSA) is 68.3 Å². The van der Waals surface area contributed by atoms with Crippen LogP contribution in [0, 0.1) is 5.41 Å². The molecule has 0 unspecified atom stereocenters. The van der Waals surface area contributed by atoms with E-state index in [1.165, 1.54) is 0 Å². The Balaban J connectivity index is 2.14. The smallest absolute Gasteiger partial charge is 0.161 e. The molecule has 0 aliphatic heterocycles. The third kappa shape index (κ3) is 4.13. The van der Waals surface area contributed by atoms with Gasteiger partial charge in [0.05, 0.1) is 6.61 Å². The Morgan fingerprint density at radius 2 is 1.81 bits per heavy atom. The minimum atomic E-state index is 0.000189. The van der Waals surface area contributed by atoms with Gasteiger partial charge < -0.3 is 15.2 Å². The van der Waals surface area contributed by atoms with E-state index in [0.29, 0.717) is 35.3 Å². The highest BCUT2D eigenvalue weighted by atomic mass is 35.5. The molecule has 2 rings (SSSR count). The molecule has 3 N–H and O–H groups in total. The van der Waals surface area contributed by atoms with Crippen LogP contribution in [0.15, 0.2) is 42.5 Å². The Bertz CT molecular complexity index is 627. The molecule has 21 heavy (non-hydrogen) atoms. The van der Waals surface area contributed by atoms with Gasteiger partial charge in [0.15, 0.2) is 11.5 Å². The molecule has 0 radical (unpaired) electrons. The van der Waals surface area contributed by atoms with E-state index in [1.54, 1.807) is 18.2 Å². The summed E-state index contributed by atoms with van der Waals surface area (Å²) >= 11 is 5.85. The molecular weight excluding hydrogens is 288 g/mol. The first-order chi connectivity index (χ1) is 10.1. The molecule has 0 spiro atoms. The Hall–Kier alpha value is -2.20. The Labute approximate surface area is 129 Å². The molecule has 0 amide bonds. The Morgan fingerprint density at radius 3 is 2.43 bits per heavy atom. The average molecular weight is 305 g/mol. The molecule has 2 aromatic carbocycles. The van der Waals surface area contributed by atoms with Crippen LogP contribution in [0.5, 0.6) is 11.5 Å². The maximum Gasteiger partial charge on any atom is 0.161 e.